The summed E-state index contributed by atoms with van der Waals surface area (Å²) in [4.78, 5) is 27.3. The fourth-order valence-corrected chi connectivity index (χ4v) is 5.30. The lowest BCUT2D eigenvalue weighted by atomic mass is 9.73. The molecule has 5 rings (SSSR count). The van der Waals surface area contributed by atoms with Gasteiger partial charge in [0, 0.05) is 18.5 Å². The molecule has 0 saturated carbocycles. The molecule has 1 fully saturated rings. The Kier molecular flexibility index (Phi) is 4.26. The molecule has 1 atom stereocenters. The van der Waals surface area contributed by atoms with Crippen LogP contribution in [-0.2, 0) is 16.6 Å². The number of amides is 1. The van der Waals surface area contributed by atoms with E-state index in [0.29, 0.717) is 11.1 Å². The first kappa shape index (κ1) is 18.1. The fourth-order valence-electron chi connectivity index (χ4n) is 5.30. The Morgan fingerprint density at radius 1 is 1.03 bits per heavy atom. The van der Waals surface area contributed by atoms with Crippen LogP contribution >= 0.6 is 0 Å². The molecule has 2 aromatic carbocycles. The van der Waals surface area contributed by atoms with Gasteiger partial charge >= 0.3 is 0 Å². The van der Waals surface area contributed by atoms with Crippen molar-refractivity contribution in [3.05, 3.63) is 75.7 Å². The zero-order chi connectivity index (χ0) is 20.0. The largest absolute Gasteiger partial charge is 0.342 e. The quantitative estimate of drug-likeness (QED) is 0.731. The number of nitrogens with zero attached hydrogens (tertiary/aromatic N) is 2. The first-order valence-electron chi connectivity index (χ1n) is 10.4. The highest BCUT2D eigenvalue weighted by Crippen LogP contribution is 2.46. The maximum atomic E-state index is 13.3. The Bertz CT molecular complexity index is 1140. The maximum absolute atomic E-state index is 13.3. The number of benzene rings is 2. The lowest BCUT2D eigenvalue weighted by Crippen LogP contribution is -2.45. The van der Waals surface area contributed by atoms with E-state index in [1.165, 1.54) is 17.5 Å². The van der Waals surface area contributed by atoms with E-state index in [4.69, 9.17) is 0 Å². The number of nitrogens with one attached hydrogen (secondary N) is 1. The molecular weight excluding hydrogens is 362 g/mol. The van der Waals surface area contributed by atoms with Crippen LogP contribution in [0.3, 0.4) is 0 Å². The normalized spacial score (nSPS) is 18.7. The van der Waals surface area contributed by atoms with E-state index in [1.807, 2.05) is 30.0 Å². The average Bonchev–Trinajstić information content (AvgIpc) is 3.12. The Hall–Kier alpha value is -2.95. The van der Waals surface area contributed by atoms with Crippen molar-refractivity contribution in [1.82, 2.24) is 15.1 Å². The predicted molar refractivity (Wildman–Crippen MR) is 113 cm³/mol. The third-order valence-corrected chi connectivity index (χ3v) is 7.00. The molecule has 1 amide bonds. The zero-order valence-electron chi connectivity index (χ0n) is 16.6. The molecule has 2 aliphatic rings. The van der Waals surface area contributed by atoms with E-state index >= 15 is 0 Å². The van der Waals surface area contributed by atoms with E-state index in [-0.39, 0.29) is 22.8 Å². The van der Waals surface area contributed by atoms with Crippen LogP contribution in [-0.4, -0.2) is 34.1 Å². The number of rotatable bonds is 2. The molecule has 5 nitrogen and oxygen atoms in total. The number of aromatic amines is 1. The van der Waals surface area contributed by atoms with Crippen molar-refractivity contribution >= 4 is 16.7 Å². The van der Waals surface area contributed by atoms with Crippen LogP contribution in [0.4, 0.5) is 0 Å². The number of likely N-dealkylation sites (tertiary alicyclic amines) is 1. The molecule has 0 bridgehead atoms. The number of piperidine rings is 1. The van der Waals surface area contributed by atoms with Crippen LogP contribution < -0.4 is 5.56 Å². The Morgan fingerprint density at radius 3 is 2.52 bits per heavy atom. The lowest BCUT2D eigenvalue weighted by Gasteiger charge is -2.41. The van der Waals surface area contributed by atoms with Gasteiger partial charge in [0.05, 0.1) is 17.0 Å². The number of hydrogen-bond acceptors (Lipinski definition) is 3. The SMILES string of the molecule is CC(C(=O)N1CCC2(CCc3ccccc32)CC1)c1n[nH]c(=O)c2ccccc12. The Morgan fingerprint density at radius 2 is 1.72 bits per heavy atom. The molecule has 1 aliphatic heterocycles. The molecule has 1 aliphatic carbocycles. The first-order chi connectivity index (χ1) is 14.1. The van der Waals surface area contributed by atoms with Gasteiger partial charge in [0.25, 0.3) is 5.56 Å². The van der Waals surface area contributed by atoms with E-state index < -0.39 is 0 Å². The summed E-state index contributed by atoms with van der Waals surface area (Å²) in [6, 6.07) is 16.1. The van der Waals surface area contributed by atoms with Gasteiger partial charge in [-0.1, -0.05) is 42.5 Å². The second kappa shape index (κ2) is 6.83. The molecule has 1 aromatic heterocycles. The molecule has 1 N–H and O–H groups in total. The highest BCUT2D eigenvalue weighted by molar-refractivity contribution is 5.91. The van der Waals surface area contributed by atoms with Gasteiger partial charge in [0.2, 0.25) is 5.91 Å². The molecule has 0 radical (unpaired) electrons. The second-order valence-electron chi connectivity index (χ2n) is 8.47. The third-order valence-electron chi connectivity index (χ3n) is 7.00. The lowest BCUT2D eigenvalue weighted by molar-refractivity contribution is -0.134. The minimum atomic E-state index is -0.387. The van der Waals surface area contributed by atoms with E-state index in [1.54, 1.807) is 6.07 Å². The smallest absolute Gasteiger partial charge is 0.272 e. The van der Waals surface area contributed by atoms with Crippen LogP contribution in [0.1, 0.15) is 48.9 Å². The summed E-state index contributed by atoms with van der Waals surface area (Å²) >= 11 is 0. The maximum Gasteiger partial charge on any atom is 0.272 e. The van der Waals surface area contributed by atoms with Crippen molar-refractivity contribution in [2.24, 2.45) is 0 Å². The molecule has 3 aromatic rings. The minimum absolute atomic E-state index is 0.0934. The number of carbonyl (C=O) groups is 1. The molecule has 1 spiro atoms. The minimum Gasteiger partial charge on any atom is -0.342 e. The number of H-pyrrole nitrogens is 1. The Labute approximate surface area is 169 Å². The van der Waals surface area contributed by atoms with Crippen molar-refractivity contribution in [2.45, 2.75) is 43.9 Å². The van der Waals surface area contributed by atoms with Crippen LogP contribution in [0.25, 0.3) is 10.8 Å². The number of hydrogen-bond donors (Lipinski definition) is 1. The fraction of sp³-hybridized carbons (Fsp3) is 0.375. The van der Waals surface area contributed by atoms with E-state index in [0.717, 1.165) is 37.7 Å². The summed E-state index contributed by atoms with van der Waals surface area (Å²) in [5, 5.41) is 8.13. The van der Waals surface area contributed by atoms with Gasteiger partial charge in [-0.05, 0) is 55.2 Å². The summed E-state index contributed by atoms with van der Waals surface area (Å²) in [7, 11) is 0. The number of aromatic nitrogens is 2. The van der Waals surface area contributed by atoms with Gasteiger partial charge in [0.15, 0.2) is 0 Å². The monoisotopic (exact) mass is 387 g/mol. The molecule has 29 heavy (non-hydrogen) atoms. The first-order valence-corrected chi connectivity index (χ1v) is 10.4. The summed E-state index contributed by atoms with van der Waals surface area (Å²) < 4.78 is 0. The molecule has 5 heteroatoms. The molecule has 148 valence electrons. The second-order valence-corrected chi connectivity index (χ2v) is 8.47. The zero-order valence-corrected chi connectivity index (χ0v) is 16.6. The highest BCUT2D eigenvalue weighted by Gasteiger charge is 2.42. The van der Waals surface area contributed by atoms with Gasteiger partial charge in [-0.15, -0.1) is 0 Å². The summed E-state index contributed by atoms with van der Waals surface area (Å²) in [5.74, 6) is -0.294. The predicted octanol–water partition coefficient (Wildman–Crippen LogP) is 3.53. The van der Waals surface area contributed by atoms with Gasteiger partial charge < -0.3 is 4.90 Å². The third kappa shape index (κ3) is 2.87. The highest BCUT2D eigenvalue weighted by atomic mass is 16.2. The average molecular weight is 387 g/mol. The van der Waals surface area contributed by atoms with Crippen molar-refractivity contribution < 1.29 is 4.79 Å². The standard InChI is InChI=1S/C24H25N3O2/c1-16(21-18-7-3-4-8-19(18)22(28)26-25-21)23(29)27-14-12-24(13-15-27)11-10-17-6-2-5-9-20(17)24/h2-9,16H,10-15H2,1H3,(H,26,28). The van der Waals surface area contributed by atoms with Crippen molar-refractivity contribution in [2.75, 3.05) is 13.1 Å². The van der Waals surface area contributed by atoms with Crippen LogP contribution in [0, 0.1) is 0 Å². The molecular formula is C24H25N3O2. The van der Waals surface area contributed by atoms with Gasteiger partial charge in [-0.2, -0.15) is 5.10 Å². The van der Waals surface area contributed by atoms with E-state index in [2.05, 4.69) is 34.5 Å². The number of fused-ring (bicyclic) bond motifs is 3. The van der Waals surface area contributed by atoms with Gasteiger partial charge in [-0.25, -0.2) is 5.10 Å². The number of carbonyl (C=O) groups excluding carboxylic acids is 1. The Balaban J connectivity index is 1.37. The number of aryl methyl sites for hydroxylation is 1. The van der Waals surface area contributed by atoms with Crippen LogP contribution in [0.5, 0.6) is 0 Å². The summed E-state index contributed by atoms with van der Waals surface area (Å²) in [6.45, 7) is 3.45. The van der Waals surface area contributed by atoms with Crippen molar-refractivity contribution in [3.8, 4) is 0 Å². The topological polar surface area (TPSA) is 66.1 Å². The van der Waals surface area contributed by atoms with Crippen molar-refractivity contribution in [1.29, 1.82) is 0 Å². The van der Waals surface area contributed by atoms with E-state index in [9.17, 15) is 9.59 Å². The summed E-state index contributed by atoms with van der Waals surface area (Å²) in [5.41, 5.74) is 3.64. The van der Waals surface area contributed by atoms with Gasteiger partial charge in [0.1, 0.15) is 0 Å². The molecule has 1 unspecified atom stereocenters. The summed E-state index contributed by atoms with van der Waals surface area (Å²) in [6.07, 6.45) is 4.37. The van der Waals surface area contributed by atoms with Crippen LogP contribution in [0.15, 0.2) is 53.3 Å². The molecule has 1 saturated heterocycles. The van der Waals surface area contributed by atoms with Gasteiger partial charge in [-0.3, -0.25) is 9.59 Å². The van der Waals surface area contributed by atoms with Crippen LogP contribution in [0.2, 0.25) is 0 Å². The molecule has 2 heterocycles. The van der Waals surface area contributed by atoms with Crippen molar-refractivity contribution in [3.63, 3.8) is 0 Å².